The summed E-state index contributed by atoms with van der Waals surface area (Å²) < 4.78 is 5.19. The van der Waals surface area contributed by atoms with Crippen molar-refractivity contribution in [2.75, 3.05) is 36.4 Å². The van der Waals surface area contributed by atoms with Crippen molar-refractivity contribution in [1.82, 2.24) is 9.88 Å². The van der Waals surface area contributed by atoms with E-state index in [9.17, 15) is 9.59 Å². The molecule has 1 fully saturated rings. The van der Waals surface area contributed by atoms with Gasteiger partial charge in [-0.3, -0.25) is 14.6 Å². The van der Waals surface area contributed by atoms with Crippen LogP contribution in [0.1, 0.15) is 21.0 Å². The molecule has 28 heavy (non-hydrogen) atoms. The van der Waals surface area contributed by atoms with Crippen LogP contribution in [-0.2, 0) is 0 Å². The van der Waals surface area contributed by atoms with Crippen molar-refractivity contribution < 1.29 is 14.0 Å². The first-order valence-electron chi connectivity index (χ1n) is 9.11. The van der Waals surface area contributed by atoms with Gasteiger partial charge < -0.3 is 19.5 Å². The normalized spacial score (nSPS) is 14.0. The second kappa shape index (κ2) is 7.96. The molecule has 7 nitrogen and oxygen atoms in total. The molecule has 1 aromatic carbocycles. The van der Waals surface area contributed by atoms with Crippen LogP contribution < -0.4 is 10.2 Å². The number of carbonyl (C=O) groups is 2. The van der Waals surface area contributed by atoms with E-state index in [1.54, 1.807) is 29.3 Å². The van der Waals surface area contributed by atoms with Gasteiger partial charge in [0.05, 0.1) is 6.26 Å². The fourth-order valence-corrected chi connectivity index (χ4v) is 3.18. The molecule has 2 aromatic heterocycles. The van der Waals surface area contributed by atoms with Gasteiger partial charge in [0, 0.05) is 43.8 Å². The van der Waals surface area contributed by atoms with Crippen molar-refractivity contribution >= 4 is 23.2 Å². The predicted octanol–water partition coefficient (Wildman–Crippen LogP) is 2.89. The highest BCUT2D eigenvalue weighted by atomic mass is 16.3. The average Bonchev–Trinajstić information content (AvgIpc) is 3.29. The number of nitrogens with one attached hydrogen (secondary N) is 1. The van der Waals surface area contributed by atoms with E-state index in [2.05, 4.69) is 15.2 Å². The average molecular weight is 376 g/mol. The van der Waals surface area contributed by atoms with Crippen LogP contribution in [0.3, 0.4) is 0 Å². The van der Waals surface area contributed by atoms with E-state index in [0.717, 1.165) is 11.4 Å². The van der Waals surface area contributed by atoms with Crippen LogP contribution in [0.2, 0.25) is 0 Å². The summed E-state index contributed by atoms with van der Waals surface area (Å²) in [7, 11) is 0. The molecule has 0 saturated carbocycles. The fourth-order valence-electron chi connectivity index (χ4n) is 3.18. The van der Waals surface area contributed by atoms with Gasteiger partial charge in [0.1, 0.15) is 5.69 Å². The number of pyridine rings is 1. The van der Waals surface area contributed by atoms with E-state index in [-0.39, 0.29) is 11.8 Å². The van der Waals surface area contributed by atoms with Crippen molar-refractivity contribution in [3.8, 4) is 0 Å². The topological polar surface area (TPSA) is 78.7 Å². The maximum absolute atomic E-state index is 12.5. The van der Waals surface area contributed by atoms with Crippen molar-refractivity contribution in [2.24, 2.45) is 0 Å². The summed E-state index contributed by atoms with van der Waals surface area (Å²) in [5.74, 6) is 0.0132. The van der Waals surface area contributed by atoms with Gasteiger partial charge in [-0.05, 0) is 36.4 Å². The van der Waals surface area contributed by atoms with E-state index in [4.69, 9.17) is 4.42 Å². The summed E-state index contributed by atoms with van der Waals surface area (Å²) in [6.07, 6.45) is 3.14. The molecule has 7 heteroatoms. The van der Waals surface area contributed by atoms with Gasteiger partial charge in [0.25, 0.3) is 11.8 Å². The number of rotatable bonds is 4. The highest BCUT2D eigenvalue weighted by Crippen LogP contribution is 2.19. The zero-order valence-corrected chi connectivity index (χ0v) is 15.2. The quantitative estimate of drug-likeness (QED) is 0.757. The minimum Gasteiger partial charge on any atom is -0.459 e. The van der Waals surface area contributed by atoms with Crippen LogP contribution in [0.4, 0.5) is 11.4 Å². The van der Waals surface area contributed by atoms with Gasteiger partial charge in [0.15, 0.2) is 5.76 Å². The third-order valence-corrected chi connectivity index (χ3v) is 4.67. The highest BCUT2D eigenvalue weighted by molar-refractivity contribution is 6.03. The molecule has 1 saturated heterocycles. The number of benzene rings is 1. The van der Waals surface area contributed by atoms with Gasteiger partial charge in [-0.1, -0.05) is 18.2 Å². The number of anilines is 2. The maximum Gasteiger partial charge on any atom is 0.289 e. The van der Waals surface area contributed by atoms with Crippen LogP contribution in [-0.4, -0.2) is 47.9 Å². The lowest BCUT2D eigenvalue weighted by molar-refractivity contribution is 0.0714. The first kappa shape index (κ1) is 17.8. The smallest absolute Gasteiger partial charge is 0.289 e. The van der Waals surface area contributed by atoms with Crippen molar-refractivity contribution in [3.05, 3.63) is 78.5 Å². The van der Waals surface area contributed by atoms with Gasteiger partial charge in [-0.15, -0.1) is 0 Å². The second-order valence-corrected chi connectivity index (χ2v) is 6.48. The van der Waals surface area contributed by atoms with Crippen molar-refractivity contribution in [1.29, 1.82) is 0 Å². The number of hydrogen-bond donors (Lipinski definition) is 1. The zero-order valence-electron chi connectivity index (χ0n) is 15.2. The number of hydrogen-bond acceptors (Lipinski definition) is 5. The van der Waals surface area contributed by atoms with E-state index in [1.165, 1.54) is 6.26 Å². The fraction of sp³-hybridized carbons (Fsp3) is 0.190. The zero-order chi connectivity index (χ0) is 19.3. The number of furan rings is 1. The second-order valence-electron chi connectivity index (χ2n) is 6.48. The van der Waals surface area contributed by atoms with Gasteiger partial charge >= 0.3 is 0 Å². The third-order valence-electron chi connectivity index (χ3n) is 4.67. The predicted molar refractivity (Wildman–Crippen MR) is 105 cm³/mol. The van der Waals surface area contributed by atoms with Crippen molar-refractivity contribution in [3.63, 3.8) is 0 Å². The summed E-state index contributed by atoms with van der Waals surface area (Å²) in [4.78, 5) is 33.0. The molecule has 0 aliphatic carbocycles. The standard InChI is InChI=1S/C21H20N4O3/c26-20(23-16-5-2-1-3-6-16)18-15-17(8-9-22-18)24-10-12-25(13-11-24)21(27)19-7-4-14-28-19/h1-9,14-15H,10-13H2,(H,23,26). The van der Waals surface area contributed by atoms with Crippen LogP contribution in [0, 0.1) is 0 Å². The summed E-state index contributed by atoms with van der Waals surface area (Å²) in [6, 6.07) is 16.3. The SMILES string of the molecule is O=C(Nc1ccccc1)c1cc(N2CCN(C(=O)c3ccco3)CC2)ccn1. The molecule has 0 atom stereocenters. The number of piperazine rings is 1. The van der Waals surface area contributed by atoms with Gasteiger partial charge in [0.2, 0.25) is 0 Å². The number of carbonyl (C=O) groups excluding carboxylic acids is 2. The molecule has 2 amide bonds. The lowest BCUT2D eigenvalue weighted by Crippen LogP contribution is -2.48. The maximum atomic E-state index is 12.5. The Balaban J connectivity index is 1.40. The molecule has 0 radical (unpaired) electrons. The molecule has 3 aromatic rings. The van der Waals surface area contributed by atoms with Crippen LogP contribution >= 0.6 is 0 Å². The monoisotopic (exact) mass is 376 g/mol. The Labute approximate surface area is 162 Å². The summed E-state index contributed by atoms with van der Waals surface area (Å²) >= 11 is 0. The summed E-state index contributed by atoms with van der Waals surface area (Å²) in [5.41, 5.74) is 2.00. The van der Waals surface area contributed by atoms with Crippen LogP contribution in [0.25, 0.3) is 0 Å². The molecular formula is C21H20N4O3. The van der Waals surface area contributed by atoms with E-state index in [1.807, 2.05) is 36.4 Å². The van der Waals surface area contributed by atoms with Gasteiger partial charge in [-0.25, -0.2) is 0 Å². The number of aromatic nitrogens is 1. The molecule has 1 aliphatic rings. The summed E-state index contributed by atoms with van der Waals surface area (Å²) in [5, 5.41) is 2.84. The van der Waals surface area contributed by atoms with Gasteiger partial charge in [-0.2, -0.15) is 0 Å². The van der Waals surface area contributed by atoms with E-state index < -0.39 is 0 Å². The lowest BCUT2D eigenvalue weighted by atomic mass is 10.2. The Morgan fingerprint density at radius 2 is 1.75 bits per heavy atom. The van der Waals surface area contributed by atoms with E-state index in [0.29, 0.717) is 37.6 Å². The number of para-hydroxylation sites is 1. The Kier molecular flexibility index (Phi) is 5.05. The highest BCUT2D eigenvalue weighted by Gasteiger charge is 2.24. The number of nitrogens with zero attached hydrogens (tertiary/aromatic N) is 3. The molecule has 3 heterocycles. The molecule has 4 rings (SSSR count). The molecular weight excluding hydrogens is 356 g/mol. The van der Waals surface area contributed by atoms with Crippen LogP contribution in [0.15, 0.2) is 71.5 Å². The van der Waals surface area contributed by atoms with Crippen molar-refractivity contribution in [2.45, 2.75) is 0 Å². The Hall–Kier alpha value is -3.61. The molecule has 0 spiro atoms. The minimum atomic E-state index is -0.250. The minimum absolute atomic E-state index is 0.0951. The first-order chi connectivity index (χ1) is 13.7. The van der Waals surface area contributed by atoms with E-state index >= 15 is 0 Å². The molecule has 1 N–H and O–H groups in total. The van der Waals surface area contributed by atoms with Crippen LogP contribution in [0.5, 0.6) is 0 Å². The molecule has 0 unspecified atom stereocenters. The molecule has 0 bridgehead atoms. The Morgan fingerprint density at radius 1 is 0.964 bits per heavy atom. The lowest BCUT2D eigenvalue weighted by Gasteiger charge is -2.35. The Morgan fingerprint density at radius 3 is 2.46 bits per heavy atom. The Bertz CT molecular complexity index is 949. The molecule has 1 aliphatic heterocycles. The largest absolute Gasteiger partial charge is 0.459 e. The summed E-state index contributed by atoms with van der Waals surface area (Å²) in [6.45, 7) is 2.53. The third kappa shape index (κ3) is 3.88. The number of amides is 2. The molecule has 142 valence electrons. The first-order valence-corrected chi connectivity index (χ1v) is 9.11.